The van der Waals surface area contributed by atoms with E-state index in [1.54, 1.807) is 0 Å². The average Bonchev–Trinajstić information content (AvgIpc) is 3.54. The van der Waals surface area contributed by atoms with E-state index in [4.69, 9.17) is 4.74 Å². The third kappa shape index (κ3) is 3.01. The molecule has 0 amide bonds. The predicted molar refractivity (Wildman–Crippen MR) is 200 cm³/mol. The van der Waals surface area contributed by atoms with Crippen LogP contribution in [-0.4, -0.2) is 10.7 Å². The summed E-state index contributed by atoms with van der Waals surface area (Å²) < 4.78 is 12.3. The number of aryl methyl sites for hydroxylation is 4. The summed E-state index contributed by atoms with van der Waals surface area (Å²) >= 11 is 0. The van der Waals surface area contributed by atoms with Crippen LogP contribution < -0.4 is 29.5 Å². The molecule has 5 nitrogen and oxygen atoms in total. The molecule has 2 aromatic heterocycles. The first-order chi connectivity index (χ1) is 23.5. The second-order valence-electron chi connectivity index (χ2n) is 13.9. The zero-order chi connectivity index (χ0) is 32.1. The van der Waals surface area contributed by atoms with Crippen LogP contribution >= 0.6 is 7.41 Å². The van der Waals surface area contributed by atoms with Crippen LogP contribution in [0.4, 0.5) is 22.7 Å². The number of aromatic nitrogens is 2. The third-order valence-corrected chi connectivity index (χ3v) is 15.8. The molecule has 232 valence electrons. The summed E-state index contributed by atoms with van der Waals surface area (Å²) in [5.41, 5.74) is 12.5. The minimum atomic E-state index is -2.81. The predicted octanol–water partition coefficient (Wildman–Crippen LogP) is 9.03. The van der Waals surface area contributed by atoms with Crippen LogP contribution in [0.25, 0.3) is 27.6 Å². The zero-order valence-electron chi connectivity index (χ0n) is 27.4. The number of anilines is 4. The van der Waals surface area contributed by atoms with Gasteiger partial charge in [0.25, 0.3) is 0 Å². The normalized spacial score (nSPS) is 16.5. The summed E-state index contributed by atoms with van der Waals surface area (Å²) in [6.45, 7) is 8.91. The van der Waals surface area contributed by atoms with Crippen molar-refractivity contribution < 1.29 is 9.07 Å². The fourth-order valence-corrected chi connectivity index (χ4v) is 14.6. The summed E-state index contributed by atoms with van der Waals surface area (Å²) in [5, 5.41) is 5.31. The van der Waals surface area contributed by atoms with Crippen LogP contribution in [0.2, 0.25) is 0 Å². The van der Waals surface area contributed by atoms with Crippen molar-refractivity contribution in [3.8, 4) is 17.3 Å². The molecular formula is C42H34N4OP+. The molecule has 7 aromatic rings. The van der Waals surface area contributed by atoms with Crippen molar-refractivity contribution in [1.29, 1.82) is 0 Å². The van der Waals surface area contributed by atoms with Gasteiger partial charge >= 0.3 is 281 Å². The van der Waals surface area contributed by atoms with Gasteiger partial charge in [0.15, 0.2) is 0 Å². The molecule has 0 saturated heterocycles. The molecule has 0 unspecified atom stereocenters. The first-order valence-corrected chi connectivity index (χ1v) is 19.0. The van der Waals surface area contributed by atoms with E-state index in [9.17, 15) is 0 Å². The van der Waals surface area contributed by atoms with Crippen molar-refractivity contribution >= 4 is 62.6 Å². The molecule has 0 radical (unpaired) electrons. The summed E-state index contributed by atoms with van der Waals surface area (Å²) in [5.74, 6) is 4.44. The van der Waals surface area contributed by atoms with Gasteiger partial charge in [-0.05, 0) is 0 Å². The first-order valence-electron chi connectivity index (χ1n) is 16.8. The molecule has 0 fully saturated rings. The zero-order valence-corrected chi connectivity index (χ0v) is 28.4. The van der Waals surface area contributed by atoms with Crippen molar-refractivity contribution in [3.63, 3.8) is 0 Å². The summed E-state index contributed by atoms with van der Waals surface area (Å²) in [6.07, 6.45) is 5.80. The van der Waals surface area contributed by atoms with E-state index in [2.05, 4.69) is 162 Å². The molecule has 11 rings (SSSR count). The molecule has 0 N–H and O–H groups in total. The Morgan fingerprint density at radius 1 is 0.667 bits per heavy atom. The number of pyridine rings is 1. The maximum atomic E-state index is 7.13. The first kappa shape index (κ1) is 26.7. The molecule has 48 heavy (non-hydrogen) atoms. The molecule has 4 aliphatic rings. The summed E-state index contributed by atoms with van der Waals surface area (Å²) in [4.78, 5) is 5.04. The van der Waals surface area contributed by atoms with Crippen molar-refractivity contribution in [1.82, 2.24) is 4.57 Å². The van der Waals surface area contributed by atoms with Crippen molar-refractivity contribution in [2.24, 2.45) is 0 Å². The molecule has 0 aliphatic carbocycles. The van der Waals surface area contributed by atoms with Gasteiger partial charge in [0.1, 0.15) is 0 Å². The number of hydrogen-bond donors (Lipinski definition) is 0. The SMILES string of the molecule is Cc1cc(C)c(N2C3=CC[PH]45c6c(ccc(C)c6Oc6ccc7c8ccccc8n(c7c64)-c4cccc[n+]45)N3c3ccccc32)c(C)c1. The molecule has 4 aliphatic heterocycles. The Kier molecular flexibility index (Phi) is 4.97. The Morgan fingerprint density at radius 2 is 1.42 bits per heavy atom. The maximum absolute atomic E-state index is 7.13. The van der Waals surface area contributed by atoms with Gasteiger partial charge in [-0.2, -0.15) is 0 Å². The van der Waals surface area contributed by atoms with Gasteiger partial charge in [-0.1, -0.05) is 0 Å². The summed E-state index contributed by atoms with van der Waals surface area (Å²) in [7, 11) is -2.81. The van der Waals surface area contributed by atoms with E-state index >= 15 is 0 Å². The quantitative estimate of drug-likeness (QED) is 0.167. The molecule has 0 atom stereocenters. The minimum absolute atomic E-state index is 0.898. The van der Waals surface area contributed by atoms with Crippen LogP contribution in [0.1, 0.15) is 22.3 Å². The van der Waals surface area contributed by atoms with Gasteiger partial charge in [-0.25, -0.2) is 0 Å². The standard InChI is InChI=1S/C42H34N4OP/c1-25-23-27(3)38(28(4)24-25)46-33-14-8-7-13-32(33)44-34-18-16-26(2)40-41(34)48(22-20-37(44)46)42-35(47-40)19-17-30-29-11-5-6-12-31(29)45(39(30)42)36-15-9-10-21-43(36)48/h5-21,23-24,48H,22H2,1-4H3/q+1. The van der Waals surface area contributed by atoms with E-state index in [-0.39, 0.29) is 0 Å². The number of ether oxygens (including phenoxy) is 1. The van der Waals surface area contributed by atoms with Crippen LogP contribution in [0, 0.1) is 27.7 Å². The van der Waals surface area contributed by atoms with Gasteiger partial charge in [-0.15, -0.1) is 0 Å². The molecule has 0 saturated carbocycles. The van der Waals surface area contributed by atoms with Crippen LogP contribution in [0.3, 0.4) is 0 Å². The Morgan fingerprint density at radius 3 is 2.25 bits per heavy atom. The number of nitrogens with zero attached hydrogens (tertiary/aromatic N) is 4. The van der Waals surface area contributed by atoms with E-state index in [1.165, 1.54) is 89.1 Å². The topological polar surface area (TPSA) is 24.5 Å². The van der Waals surface area contributed by atoms with Crippen LogP contribution in [0.15, 0.2) is 121 Å². The van der Waals surface area contributed by atoms with E-state index in [1.807, 2.05) is 0 Å². The summed E-state index contributed by atoms with van der Waals surface area (Å²) in [6, 6.07) is 38.2. The van der Waals surface area contributed by atoms with Crippen molar-refractivity contribution in [3.05, 3.63) is 143 Å². The average molecular weight is 642 g/mol. The van der Waals surface area contributed by atoms with E-state index in [0.717, 1.165) is 17.7 Å². The van der Waals surface area contributed by atoms with Crippen molar-refractivity contribution in [2.75, 3.05) is 16.0 Å². The number of allylic oxidation sites excluding steroid dienone is 1. The van der Waals surface area contributed by atoms with E-state index in [0.29, 0.717) is 0 Å². The number of rotatable bonds is 1. The third-order valence-electron chi connectivity index (χ3n) is 11.2. The van der Waals surface area contributed by atoms with E-state index < -0.39 is 7.41 Å². The van der Waals surface area contributed by atoms with Gasteiger partial charge in [0.2, 0.25) is 0 Å². The Balaban J connectivity index is 1.31. The number of para-hydroxylation sites is 3. The second-order valence-corrected chi connectivity index (χ2v) is 17.5. The second kappa shape index (κ2) is 8.94. The molecule has 1 spiro atoms. The molecule has 6 heteroatoms. The van der Waals surface area contributed by atoms with Gasteiger partial charge in [-0.3, -0.25) is 0 Å². The van der Waals surface area contributed by atoms with Crippen LogP contribution in [0.5, 0.6) is 11.5 Å². The Bertz CT molecular complexity index is 2630. The van der Waals surface area contributed by atoms with Crippen molar-refractivity contribution in [2.45, 2.75) is 27.7 Å². The fourth-order valence-electron chi connectivity index (χ4n) is 9.50. The monoisotopic (exact) mass is 641 g/mol. The number of hydrogen-bond acceptors (Lipinski definition) is 3. The molecular weight excluding hydrogens is 607 g/mol. The number of fused-ring (bicyclic) bond motifs is 9. The molecule has 5 aromatic carbocycles. The fraction of sp³-hybridized carbons (Fsp3) is 0.119. The van der Waals surface area contributed by atoms with Gasteiger partial charge in [0, 0.05) is 0 Å². The molecule has 0 bridgehead atoms. The Hall–Kier alpha value is -5.38. The Labute approximate surface area is 279 Å². The van der Waals surface area contributed by atoms with Gasteiger partial charge < -0.3 is 0 Å². The van der Waals surface area contributed by atoms with Crippen LogP contribution in [-0.2, 0) is 0 Å². The molecule has 6 heterocycles. The number of benzene rings is 5. The van der Waals surface area contributed by atoms with Gasteiger partial charge in [0.05, 0.1) is 0 Å².